The first kappa shape index (κ1) is 12.7. The van der Waals surface area contributed by atoms with Gasteiger partial charge in [0.15, 0.2) is 10.9 Å². The van der Waals surface area contributed by atoms with Crippen molar-refractivity contribution >= 4 is 27.8 Å². The van der Waals surface area contributed by atoms with Crippen LogP contribution in [0.4, 0.5) is 16.5 Å². The molecule has 0 aliphatic carbocycles. The molecule has 0 spiro atoms. The second-order valence-corrected chi connectivity index (χ2v) is 5.80. The van der Waals surface area contributed by atoms with E-state index in [1.165, 1.54) is 0 Å². The summed E-state index contributed by atoms with van der Waals surface area (Å²) >= 11 is 1.59. The zero-order chi connectivity index (χ0) is 14.1. The smallest absolute Gasteiger partial charge is 0.188 e. The van der Waals surface area contributed by atoms with Gasteiger partial charge >= 0.3 is 0 Å². The highest BCUT2D eigenvalue weighted by Gasteiger charge is 2.12. The van der Waals surface area contributed by atoms with E-state index in [0.717, 1.165) is 38.4 Å². The number of hydrogen-bond donors (Lipinski definition) is 2. The van der Waals surface area contributed by atoms with Gasteiger partial charge in [-0.1, -0.05) is 6.07 Å². The van der Waals surface area contributed by atoms with Crippen LogP contribution >= 0.6 is 11.3 Å². The fourth-order valence-corrected chi connectivity index (χ4v) is 2.77. The molecule has 0 aliphatic rings. The lowest BCUT2D eigenvalue weighted by Gasteiger charge is -2.05. The van der Waals surface area contributed by atoms with Crippen molar-refractivity contribution < 1.29 is 4.42 Å². The zero-order valence-corrected chi connectivity index (χ0v) is 12.1. The Balaban J connectivity index is 1.88. The molecule has 0 fully saturated rings. The molecule has 3 N–H and O–H groups in total. The summed E-state index contributed by atoms with van der Waals surface area (Å²) in [6.45, 7) is 4.02. The molecule has 102 valence electrons. The van der Waals surface area contributed by atoms with Gasteiger partial charge in [-0.05, 0) is 43.7 Å². The summed E-state index contributed by atoms with van der Waals surface area (Å²) in [5.74, 6) is 0.787. The maximum Gasteiger partial charge on any atom is 0.188 e. The van der Waals surface area contributed by atoms with E-state index < -0.39 is 0 Å². The topological polar surface area (TPSA) is 64.1 Å². The van der Waals surface area contributed by atoms with E-state index in [9.17, 15) is 0 Å². The highest BCUT2D eigenvalue weighted by atomic mass is 32.1. The Labute approximate surface area is 121 Å². The molecule has 3 aromatic rings. The molecule has 4 nitrogen and oxygen atoms in total. The first-order valence-corrected chi connectivity index (χ1v) is 7.09. The average Bonchev–Trinajstić information content (AvgIpc) is 3.03. The van der Waals surface area contributed by atoms with E-state index in [1.54, 1.807) is 17.6 Å². The Kier molecular flexibility index (Phi) is 3.20. The van der Waals surface area contributed by atoms with Crippen molar-refractivity contribution in [3.63, 3.8) is 0 Å². The molecule has 1 aromatic carbocycles. The molecule has 20 heavy (non-hydrogen) atoms. The Morgan fingerprint density at radius 3 is 2.80 bits per heavy atom. The van der Waals surface area contributed by atoms with Gasteiger partial charge in [-0.25, -0.2) is 4.98 Å². The van der Waals surface area contributed by atoms with E-state index in [-0.39, 0.29) is 0 Å². The number of hydrogen-bond acceptors (Lipinski definition) is 5. The van der Waals surface area contributed by atoms with Gasteiger partial charge in [0.25, 0.3) is 0 Å². The van der Waals surface area contributed by atoms with Crippen LogP contribution in [0.5, 0.6) is 0 Å². The lowest BCUT2D eigenvalue weighted by molar-refractivity contribution is 0.580. The van der Waals surface area contributed by atoms with Crippen LogP contribution in [0.25, 0.3) is 11.5 Å². The van der Waals surface area contributed by atoms with Crippen LogP contribution in [0.2, 0.25) is 0 Å². The van der Waals surface area contributed by atoms with Crippen LogP contribution in [-0.2, 0) is 0 Å². The predicted octanol–water partition coefficient (Wildman–Crippen LogP) is 4.35. The number of rotatable bonds is 3. The molecule has 0 amide bonds. The van der Waals surface area contributed by atoms with Crippen LogP contribution in [-0.4, -0.2) is 4.98 Å². The van der Waals surface area contributed by atoms with Gasteiger partial charge in [0.05, 0.1) is 6.26 Å². The van der Waals surface area contributed by atoms with Gasteiger partial charge in [-0.3, -0.25) is 0 Å². The summed E-state index contributed by atoms with van der Waals surface area (Å²) in [5, 5.41) is 4.11. The number of benzene rings is 1. The molecule has 0 unspecified atom stereocenters. The minimum atomic E-state index is 0.773. The number of nitrogens with two attached hydrogens (primary N) is 1. The molecule has 5 heteroatoms. The molecule has 0 saturated carbocycles. The summed E-state index contributed by atoms with van der Waals surface area (Å²) in [4.78, 5) is 5.69. The zero-order valence-electron chi connectivity index (χ0n) is 11.3. The monoisotopic (exact) mass is 285 g/mol. The molecular formula is C15H15N3OS. The van der Waals surface area contributed by atoms with E-state index in [1.807, 2.05) is 44.2 Å². The van der Waals surface area contributed by atoms with E-state index in [0.29, 0.717) is 0 Å². The molecule has 0 radical (unpaired) electrons. The van der Waals surface area contributed by atoms with Crippen LogP contribution in [0.1, 0.15) is 10.4 Å². The average molecular weight is 285 g/mol. The van der Waals surface area contributed by atoms with Crippen molar-refractivity contribution in [2.24, 2.45) is 0 Å². The van der Waals surface area contributed by atoms with E-state index in [2.05, 4.69) is 10.3 Å². The quantitative estimate of drug-likeness (QED) is 0.702. The number of nitrogen functional groups attached to an aromatic ring is 1. The molecule has 3 rings (SSSR count). The third-order valence-corrected chi connectivity index (χ3v) is 3.97. The van der Waals surface area contributed by atoms with Crippen molar-refractivity contribution in [3.8, 4) is 11.5 Å². The van der Waals surface area contributed by atoms with Gasteiger partial charge in [0.1, 0.15) is 5.69 Å². The summed E-state index contributed by atoms with van der Waals surface area (Å²) < 4.78 is 5.40. The maximum absolute atomic E-state index is 5.91. The molecule has 0 aliphatic heterocycles. The summed E-state index contributed by atoms with van der Waals surface area (Å²) in [6.07, 6.45) is 1.65. The van der Waals surface area contributed by atoms with Gasteiger partial charge in [-0.2, -0.15) is 0 Å². The number of anilines is 3. The van der Waals surface area contributed by atoms with E-state index >= 15 is 0 Å². The molecular weight excluding hydrogens is 270 g/mol. The SMILES string of the molecule is Cc1ccc(Nc2nc(-c3ccco3)c(C)s2)cc1N. The van der Waals surface area contributed by atoms with Crippen LogP contribution < -0.4 is 11.1 Å². The third kappa shape index (κ3) is 2.40. The summed E-state index contributed by atoms with van der Waals surface area (Å²) in [6, 6.07) is 9.68. The normalized spacial score (nSPS) is 10.7. The number of nitrogens with one attached hydrogen (secondary N) is 1. The fraction of sp³-hybridized carbons (Fsp3) is 0.133. The lowest BCUT2D eigenvalue weighted by atomic mass is 10.2. The van der Waals surface area contributed by atoms with Crippen LogP contribution in [0, 0.1) is 13.8 Å². The van der Waals surface area contributed by atoms with Gasteiger partial charge in [0, 0.05) is 16.3 Å². The summed E-state index contributed by atoms with van der Waals surface area (Å²) in [7, 11) is 0. The van der Waals surface area contributed by atoms with Gasteiger partial charge in [0.2, 0.25) is 0 Å². The molecule has 0 saturated heterocycles. The molecule has 2 heterocycles. The fourth-order valence-electron chi connectivity index (χ4n) is 1.93. The standard InChI is InChI=1S/C15H15N3OS/c1-9-5-6-11(8-12(9)16)17-15-18-14(10(2)20-15)13-4-3-7-19-13/h3-8H,16H2,1-2H3,(H,17,18). The second-order valence-electron chi connectivity index (χ2n) is 4.60. The van der Waals surface area contributed by atoms with Crippen LogP contribution in [0.15, 0.2) is 41.0 Å². The number of aryl methyl sites for hydroxylation is 2. The molecule has 2 aromatic heterocycles. The van der Waals surface area contributed by atoms with Crippen molar-refractivity contribution in [2.45, 2.75) is 13.8 Å². The Morgan fingerprint density at radius 2 is 2.10 bits per heavy atom. The largest absolute Gasteiger partial charge is 0.463 e. The molecule has 0 atom stereocenters. The van der Waals surface area contributed by atoms with Gasteiger partial charge in [-0.15, -0.1) is 11.3 Å². The third-order valence-electron chi connectivity index (χ3n) is 3.08. The highest BCUT2D eigenvalue weighted by molar-refractivity contribution is 7.16. The lowest BCUT2D eigenvalue weighted by Crippen LogP contribution is -1.94. The predicted molar refractivity (Wildman–Crippen MR) is 83.4 cm³/mol. The summed E-state index contributed by atoms with van der Waals surface area (Å²) in [5.41, 5.74) is 9.57. The second kappa shape index (κ2) is 5.02. The van der Waals surface area contributed by atoms with Crippen molar-refractivity contribution in [2.75, 3.05) is 11.1 Å². The Morgan fingerprint density at radius 1 is 1.25 bits per heavy atom. The first-order chi connectivity index (χ1) is 9.63. The van der Waals surface area contributed by atoms with Gasteiger partial charge < -0.3 is 15.5 Å². The number of thiazole rings is 1. The van der Waals surface area contributed by atoms with Crippen molar-refractivity contribution in [1.29, 1.82) is 0 Å². The minimum absolute atomic E-state index is 0.773. The number of nitrogens with zero attached hydrogens (tertiary/aromatic N) is 1. The van der Waals surface area contributed by atoms with Crippen molar-refractivity contribution in [3.05, 3.63) is 47.0 Å². The Hall–Kier alpha value is -2.27. The first-order valence-electron chi connectivity index (χ1n) is 6.28. The molecule has 0 bridgehead atoms. The van der Waals surface area contributed by atoms with Crippen molar-refractivity contribution in [1.82, 2.24) is 4.98 Å². The highest BCUT2D eigenvalue weighted by Crippen LogP contribution is 2.32. The number of furan rings is 1. The minimum Gasteiger partial charge on any atom is -0.463 e. The van der Waals surface area contributed by atoms with E-state index in [4.69, 9.17) is 10.2 Å². The Bertz CT molecular complexity index is 732. The van der Waals surface area contributed by atoms with Crippen LogP contribution in [0.3, 0.4) is 0 Å². The maximum atomic E-state index is 5.91. The number of aromatic nitrogens is 1.